The van der Waals surface area contributed by atoms with E-state index in [1.165, 1.54) is 42.4 Å². The number of allylic oxidation sites excluding steroid dienone is 2. The molecule has 2 rings (SSSR count). The summed E-state index contributed by atoms with van der Waals surface area (Å²) in [4.78, 5) is 0. The van der Waals surface area contributed by atoms with Gasteiger partial charge in [0.05, 0.1) is 0 Å². The van der Waals surface area contributed by atoms with Crippen LogP contribution in [0, 0.1) is 5.41 Å². The van der Waals surface area contributed by atoms with E-state index >= 15 is 0 Å². The largest absolute Gasteiger partial charge is 0.305 e. The molecule has 1 N–H and O–H groups in total. The molecule has 1 aliphatic carbocycles. The van der Waals surface area contributed by atoms with Crippen molar-refractivity contribution in [1.29, 1.82) is 5.41 Å². The van der Waals surface area contributed by atoms with E-state index in [0.717, 1.165) is 18.6 Å². The molecule has 0 amide bonds. The van der Waals surface area contributed by atoms with Gasteiger partial charge in [-0.05, 0) is 31.2 Å². The SMILES string of the molecule is CCCCCC1=C(c2ccccc2)C(=N)CC1. The Hall–Kier alpha value is -1.37. The predicted octanol–water partition coefficient (Wildman–Crippen LogP) is 4.83. The number of nitrogens with one attached hydrogen (secondary N) is 1. The molecule has 1 aromatic carbocycles. The molecule has 17 heavy (non-hydrogen) atoms. The molecule has 0 atom stereocenters. The van der Waals surface area contributed by atoms with Crippen molar-refractivity contribution in [3.8, 4) is 0 Å². The molecule has 0 saturated heterocycles. The molecule has 90 valence electrons. The zero-order valence-corrected chi connectivity index (χ0v) is 10.6. The topological polar surface area (TPSA) is 23.9 Å². The Morgan fingerprint density at radius 3 is 2.53 bits per heavy atom. The maximum absolute atomic E-state index is 8.10. The highest BCUT2D eigenvalue weighted by Gasteiger charge is 2.20. The first-order valence-electron chi connectivity index (χ1n) is 6.68. The first-order chi connectivity index (χ1) is 8.33. The highest BCUT2D eigenvalue weighted by molar-refractivity contribution is 6.25. The number of rotatable bonds is 5. The average Bonchev–Trinajstić information content (AvgIpc) is 2.72. The first-order valence-corrected chi connectivity index (χ1v) is 6.68. The van der Waals surface area contributed by atoms with Gasteiger partial charge in [0.1, 0.15) is 0 Å². The molecule has 0 fully saturated rings. The molecule has 0 spiro atoms. The minimum absolute atomic E-state index is 0.836. The molecule has 0 heterocycles. The van der Waals surface area contributed by atoms with Crippen LogP contribution in [0.15, 0.2) is 35.9 Å². The van der Waals surface area contributed by atoms with Gasteiger partial charge in [-0.15, -0.1) is 0 Å². The summed E-state index contributed by atoms with van der Waals surface area (Å²) in [5.74, 6) is 0. The summed E-state index contributed by atoms with van der Waals surface area (Å²) in [6, 6.07) is 10.4. The van der Waals surface area contributed by atoms with Gasteiger partial charge in [0.15, 0.2) is 0 Å². The van der Waals surface area contributed by atoms with Gasteiger partial charge in [0.25, 0.3) is 0 Å². The lowest BCUT2D eigenvalue weighted by Crippen LogP contribution is -1.94. The third kappa shape index (κ3) is 2.85. The van der Waals surface area contributed by atoms with Gasteiger partial charge in [0.2, 0.25) is 0 Å². The third-order valence-electron chi connectivity index (χ3n) is 3.48. The number of hydrogen-bond donors (Lipinski definition) is 1. The Bertz CT molecular complexity index is 414. The molecule has 1 aromatic rings. The Kier molecular flexibility index (Phi) is 4.13. The Labute approximate surface area is 104 Å². The molecule has 1 nitrogen and oxygen atoms in total. The number of hydrogen-bond acceptors (Lipinski definition) is 1. The van der Waals surface area contributed by atoms with Crippen molar-refractivity contribution < 1.29 is 0 Å². The second kappa shape index (κ2) is 5.81. The van der Waals surface area contributed by atoms with Crippen molar-refractivity contribution in [2.75, 3.05) is 0 Å². The summed E-state index contributed by atoms with van der Waals surface area (Å²) in [6.45, 7) is 2.24. The van der Waals surface area contributed by atoms with Gasteiger partial charge < -0.3 is 5.41 Å². The monoisotopic (exact) mass is 227 g/mol. The third-order valence-corrected chi connectivity index (χ3v) is 3.48. The van der Waals surface area contributed by atoms with Crippen LogP contribution >= 0.6 is 0 Å². The molecule has 0 bridgehead atoms. The van der Waals surface area contributed by atoms with E-state index < -0.39 is 0 Å². The van der Waals surface area contributed by atoms with Crippen molar-refractivity contribution in [3.05, 3.63) is 41.5 Å². The zero-order valence-electron chi connectivity index (χ0n) is 10.6. The van der Waals surface area contributed by atoms with Crippen molar-refractivity contribution >= 4 is 11.3 Å². The van der Waals surface area contributed by atoms with Crippen molar-refractivity contribution in [2.24, 2.45) is 0 Å². The van der Waals surface area contributed by atoms with E-state index in [2.05, 4.69) is 31.2 Å². The summed E-state index contributed by atoms with van der Waals surface area (Å²) in [5.41, 5.74) is 4.82. The Morgan fingerprint density at radius 1 is 1.06 bits per heavy atom. The maximum atomic E-state index is 8.10. The molecule has 0 aliphatic heterocycles. The summed E-state index contributed by atoms with van der Waals surface area (Å²) >= 11 is 0. The molecule has 0 aromatic heterocycles. The minimum atomic E-state index is 0.836. The molecular weight excluding hydrogens is 206 g/mol. The summed E-state index contributed by atoms with van der Waals surface area (Å²) in [6.07, 6.45) is 7.07. The molecule has 0 saturated carbocycles. The lowest BCUT2D eigenvalue weighted by molar-refractivity contribution is 0.704. The summed E-state index contributed by atoms with van der Waals surface area (Å²) in [5, 5.41) is 8.10. The molecule has 0 radical (unpaired) electrons. The Balaban J connectivity index is 2.20. The quantitative estimate of drug-likeness (QED) is 0.696. The summed E-state index contributed by atoms with van der Waals surface area (Å²) in [7, 11) is 0. The zero-order chi connectivity index (χ0) is 12.1. The van der Waals surface area contributed by atoms with Crippen LogP contribution in [0.2, 0.25) is 0 Å². The van der Waals surface area contributed by atoms with Crippen LogP contribution < -0.4 is 0 Å². The van der Waals surface area contributed by atoms with Crippen molar-refractivity contribution in [3.63, 3.8) is 0 Å². The van der Waals surface area contributed by atoms with Gasteiger partial charge in [-0.25, -0.2) is 0 Å². The van der Waals surface area contributed by atoms with Gasteiger partial charge in [-0.2, -0.15) is 0 Å². The van der Waals surface area contributed by atoms with Crippen LogP contribution in [0.4, 0.5) is 0 Å². The smallest absolute Gasteiger partial charge is 0.0394 e. The van der Waals surface area contributed by atoms with Gasteiger partial charge in [0, 0.05) is 11.3 Å². The van der Waals surface area contributed by atoms with Crippen LogP contribution in [0.5, 0.6) is 0 Å². The van der Waals surface area contributed by atoms with Crippen molar-refractivity contribution in [1.82, 2.24) is 0 Å². The van der Waals surface area contributed by atoms with E-state index in [-0.39, 0.29) is 0 Å². The van der Waals surface area contributed by atoms with Crippen LogP contribution in [0.1, 0.15) is 51.0 Å². The molecular formula is C16H21N. The lowest BCUT2D eigenvalue weighted by Gasteiger charge is -2.07. The van der Waals surface area contributed by atoms with Crippen LogP contribution in [-0.4, -0.2) is 5.71 Å². The fraction of sp³-hybridized carbons (Fsp3) is 0.438. The number of unbranched alkanes of at least 4 members (excludes halogenated alkanes) is 2. The van der Waals surface area contributed by atoms with Crippen LogP contribution in [-0.2, 0) is 0 Å². The highest BCUT2D eigenvalue weighted by atomic mass is 14.5. The van der Waals surface area contributed by atoms with Crippen LogP contribution in [0.3, 0.4) is 0 Å². The van der Waals surface area contributed by atoms with E-state index in [4.69, 9.17) is 5.41 Å². The molecule has 0 unspecified atom stereocenters. The van der Waals surface area contributed by atoms with Crippen molar-refractivity contribution in [2.45, 2.75) is 45.4 Å². The Morgan fingerprint density at radius 2 is 1.82 bits per heavy atom. The standard InChI is InChI=1S/C16H21N/c1-2-3-5-8-14-11-12-15(17)16(14)13-9-6-4-7-10-13/h4,6-7,9-10,17H,2-3,5,8,11-12H2,1H3. The summed E-state index contributed by atoms with van der Waals surface area (Å²) < 4.78 is 0. The normalized spacial score (nSPS) is 15.7. The second-order valence-electron chi connectivity index (χ2n) is 4.78. The molecule has 1 heteroatoms. The average molecular weight is 227 g/mol. The van der Waals surface area contributed by atoms with E-state index in [1.54, 1.807) is 0 Å². The second-order valence-corrected chi connectivity index (χ2v) is 4.78. The van der Waals surface area contributed by atoms with E-state index in [1.807, 2.05) is 6.07 Å². The van der Waals surface area contributed by atoms with Gasteiger partial charge in [-0.1, -0.05) is 55.7 Å². The maximum Gasteiger partial charge on any atom is 0.0394 e. The first kappa shape index (κ1) is 12.1. The lowest BCUT2D eigenvalue weighted by atomic mass is 9.98. The van der Waals surface area contributed by atoms with E-state index in [9.17, 15) is 0 Å². The fourth-order valence-electron chi connectivity index (χ4n) is 2.56. The highest BCUT2D eigenvalue weighted by Crippen LogP contribution is 2.34. The molecule has 1 aliphatic rings. The minimum Gasteiger partial charge on any atom is -0.305 e. The van der Waals surface area contributed by atoms with Gasteiger partial charge in [-0.3, -0.25) is 0 Å². The predicted molar refractivity (Wildman–Crippen MR) is 74.5 cm³/mol. The van der Waals surface area contributed by atoms with Gasteiger partial charge >= 0.3 is 0 Å². The fourth-order valence-corrected chi connectivity index (χ4v) is 2.56. The van der Waals surface area contributed by atoms with Crippen LogP contribution in [0.25, 0.3) is 5.57 Å². The number of benzene rings is 1. The van der Waals surface area contributed by atoms with E-state index in [0.29, 0.717) is 0 Å².